The maximum atomic E-state index is 13.1. The SMILES string of the molecule is CCOc1ccc(NS(=O)(=O)c2cc(CN3C(=O)c4cccnc4C3=O)ccc2OC)cc1. The topological polar surface area (TPSA) is 115 Å². The molecule has 1 aliphatic rings. The number of imide groups is 1. The number of nitrogens with one attached hydrogen (secondary N) is 1. The zero-order chi connectivity index (χ0) is 23.6. The fraction of sp³-hybridized carbons (Fsp3) is 0.174. The molecule has 0 bridgehead atoms. The minimum absolute atomic E-state index is 0.0843. The number of rotatable bonds is 8. The number of anilines is 1. The second kappa shape index (κ2) is 8.91. The molecular weight excluding hydrogens is 446 g/mol. The Morgan fingerprint density at radius 3 is 2.45 bits per heavy atom. The highest BCUT2D eigenvalue weighted by Gasteiger charge is 2.36. The molecule has 170 valence electrons. The van der Waals surface area contributed by atoms with Gasteiger partial charge in [0.1, 0.15) is 22.1 Å². The van der Waals surface area contributed by atoms with Gasteiger partial charge >= 0.3 is 0 Å². The predicted molar refractivity (Wildman–Crippen MR) is 120 cm³/mol. The molecule has 33 heavy (non-hydrogen) atoms. The molecule has 0 unspecified atom stereocenters. The fourth-order valence-corrected chi connectivity index (χ4v) is 4.74. The van der Waals surface area contributed by atoms with Gasteiger partial charge in [-0.05, 0) is 61.0 Å². The maximum absolute atomic E-state index is 13.1. The summed E-state index contributed by atoms with van der Waals surface area (Å²) in [5.41, 5.74) is 1.09. The van der Waals surface area contributed by atoms with Crippen LogP contribution in [-0.4, -0.2) is 43.8 Å². The molecule has 0 spiro atoms. The van der Waals surface area contributed by atoms with Crippen LogP contribution in [0.4, 0.5) is 5.69 Å². The number of amides is 2. The summed E-state index contributed by atoms with van der Waals surface area (Å²) in [6.07, 6.45) is 1.44. The third-order valence-corrected chi connectivity index (χ3v) is 6.41. The molecule has 1 aromatic heterocycles. The molecular formula is C23H21N3O6S. The van der Waals surface area contributed by atoms with Crippen LogP contribution in [0.25, 0.3) is 0 Å². The van der Waals surface area contributed by atoms with Gasteiger partial charge in [0, 0.05) is 11.9 Å². The summed E-state index contributed by atoms with van der Waals surface area (Å²) in [6.45, 7) is 2.25. The zero-order valence-electron chi connectivity index (χ0n) is 17.9. The number of carbonyl (C=O) groups is 2. The number of hydrogen-bond acceptors (Lipinski definition) is 7. The molecule has 0 atom stereocenters. The molecule has 0 saturated carbocycles. The Morgan fingerprint density at radius 2 is 1.79 bits per heavy atom. The Labute approximate surface area is 191 Å². The Kier molecular flexibility index (Phi) is 6.01. The van der Waals surface area contributed by atoms with Gasteiger partial charge in [-0.3, -0.25) is 24.2 Å². The van der Waals surface area contributed by atoms with Crippen molar-refractivity contribution in [2.45, 2.75) is 18.4 Å². The van der Waals surface area contributed by atoms with Crippen LogP contribution >= 0.6 is 0 Å². The number of pyridine rings is 1. The quantitative estimate of drug-likeness (QED) is 0.506. The molecule has 4 rings (SSSR count). The summed E-state index contributed by atoms with van der Waals surface area (Å²) < 4.78 is 39.3. The lowest BCUT2D eigenvalue weighted by Crippen LogP contribution is -2.29. The molecule has 10 heteroatoms. The van der Waals surface area contributed by atoms with Crippen LogP contribution in [0, 0.1) is 0 Å². The van der Waals surface area contributed by atoms with Gasteiger partial charge in [-0.2, -0.15) is 0 Å². The van der Waals surface area contributed by atoms with Crippen LogP contribution in [0.3, 0.4) is 0 Å². The standard InChI is InChI=1S/C23H21N3O6S/c1-3-32-17-9-7-16(8-10-17)25-33(29,30)20-13-15(6-11-19(20)31-2)14-26-22(27)18-5-4-12-24-21(18)23(26)28/h4-13,25H,3,14H2,1-2H3. The lowest BCUT2D eigenvalue weighted by molar-refractivity contribution is 0.0640. The van der Waals surface area contributed by atoms with Crippen molar-refractivity contribution < 1.29 is 27.5 Å². The lowest BCUT2D eigenvalue weighted by atomic mass is 10.2. The molecule has 0 saturated heterocycles. The van der Waals surface area contributed by atoms with Crippen molar-refractivity contribution in [2.24, 2.45) is 0 Å². The van der Waals surface area contributed by atoms with Gasteiger partial charge < -0.3 is 9.47 Å². The number of ether oxygens (including phenoxy) is 2. The molecule has 2 aromatic carbocycles. The molecule has 9 nitrogen and oxygen atoms in total. The van der Waals surface area contributed by atoms with Gasteiger partial charge in [-0.1, -0.05) is 6.07 Å². The normalized spacial score (nSPS) is 13.1. The van der Waals surface area contributed by atoms with Gasteiger partial charge in [0.2, 0.25) is 0 Å². The Balaban J connectivity index is 1.60. The van der Waals surface area contributed by atoms with E-state index in [1.807, 2.05) is 6.92 Å². The molecule has 1 aliphatic heterocycles. The summed E-state index contributed by atoms with van der Waals surface area (Å²) in [5, 5.41) is 0. The summed E-state index contributed by atoms with van der Waals surface area (Å²) in [6, 6.07) is 14.1. The number of nitrogens with zero attached hydrogens (tertiary/aromatic N) is 2. The monoisotopic (exact) mass is 467 g/mol. The highest BCUT2D eigenvalue weighted by molar-refractivity contribution is 7.92. The average molecular weight is 468 g/mol. The minimum Gasteiger partial charge on any atom is -0.495 e. The van der Waals surface area contributed by atoms with Gasteiger partial charge in [-0.25, -0.2) is 8.42 Å². The Bertz CT molecular complexity index is 1290. The molecule has 2 heterocycles. The van der Waals surface area contributed by atoms with E-state index in [1.54, 1.807) is 36.4 Å². The fourth-order valence-electron chi connectivity index (χ4n) is 3.47. The average Bonchev–Trinajstić information content (AvgIpc) is 3.05. The van der Waals surface area contributed by atoms with Crippen LogP contribution in [-0.2, 0) is 16.6 Å². The molecule has 0 aliphatic carbocycles. The number of fused-ring (bicyclic) bond motifs is 1. The Hall–Kier alpha value is -3.92. The maximum Gasteiger partial charge on any atom is 0.280 e. The highest BCUT2D eigenvalue weighted by atomic mass is 32.2. The molecule has 1 N–H and O–H groups in total. The lowest BCUT2D eigenvalue weighted by Gasteiger charge is -2.16. The largest absolute Gasteiger partial charge is 0.495 e. The Morgan fingerprint density at radius 1 is 1.03 bits per heavy atom. The van der Waals surface area contributed by atoms with E-state index in [9.17, 15) is 18.0 Å². The third kappa shape index (κ3) is 4.37. The number of hydrogen-bond donors (Lipinski definition) is 1. The molecule has 3 aromatic rings. The van der Waals surface area contributed by atoms with Crippen molar-refractivity contribution in [3.05, 3.63) is 77.6 Å². The van der Waals surface area contributed by atoms with Gasteiger partial charge in [-0.15, -0.1) is 0 Å². The van der Waals surface area contributed by atoms with E-state index >= 15 is 0 Å². The minimum atomic E-state index is -4.03. The van der Waals surface area contributed by atoms with E-state index in [1.165, 1.54) is 31.5 Å². The molecule has 0 fully saturated rings. The first-order valence-corrected chi connectivity index (χ1v) is 11.6. The first kappa shape index (κ1) is 22.3. The first-order chi connectivity index (χ1) is 15.8. The summed E-state index contributed by atoms with van der Waals surface area (Å²) >= 11 is 0. The number of carbonyl (C=O) groups excluding carboxylic acids is 2. The van der Waals surface area contributed by atoms with Crippen molar-refractivity contribution in [1.29, 1.82) is 0 Å². The van der Waals surface area contributed by atoms with E-state index in [2.05, 4.69) is 9.71 Å². The van der Waals surface area contributed by atoms with Gasteiger partial charge in [0.05, 0.1) is 25.8 Å². The van der Waals surface area contributed by atoms with E-state index in [0.717, 1.165) is 4.90 Å². The van der Waals surface area contributed by atoms with Crippen LogP contribution in [0.15, 0.2) is 65.7 Å². The predicted octanol–water partition coefficient (Wildman–Crippen LogP) is 3.09. The highest BCUT2D eigenvalue weighted by Crippen LogP contribution is 2.29. The summed E-state index contributed by atoms with van der Waals surface area (Å²) in [7, 11) is -2.67. The van der Waals surface area contributed by atoms with Crippen LogP contribution in [0.1, 0.15) is 33.3 Å². The summed E-state index contributed by atoms with van der Waals surface area (Å²) in [4.78, 5) is 30.1. The van der Waals surface area contributed by atoms with Crippen molar-refractivity contribution >= 4 is 27.5 Å². The molecule has 0 radical (unpaired) electrons. The number of benzene rings is 2. The number of sulfonamides is 1. The van der Waals surface area contributed by atoms with Crippen molar-refractivity contribution in [3.63, 3.8) is 0 Å². The van der Waals surface area contributed by atoms with Crippen molar-refractivity contribution in [2.75, 3.05) is 18.4 Å². The van der Waals surface area contributed by atoms with Crippen molar-refractivity contribution in [3.8, 4) is 11.5 Å². The van der Waals surface area contributed by atoms with Crippen molar-refractivity contribution in [1.82, 2.24) is 9.88 Å². The second-order valence-corrected chi connectivity index (χ2v) is 8.79. The number of aromatic nitrogens is 1. The van der Waals surface area contributed by atoms with E-state index in [4.69, 9.17) is 9.47 Å². The van der Waals surface area contributed by atoms with Crippen LogP contribution in [0.5, 0.6) is 11.5 Å². The van der Waals surface area contributed by atoms with Gasteiger partial charge in [0.15, 0.2) is 0 Å². The number of methoxy groups -OCH3 is 1. The smallest absolute Gasteiger partial charge is 0.280 e. The van der Waals surface area contributed by atoms with Crippen LogP contribution in [0.2, 0.25) is 0 Å². The third-order valence-electron chi connectivity index (χ3n) is 5.01. The van der Waals surface area contributed by atoms with E-state index in [0.29, 0.717) is 23.6 Å². The second-order valence-electron chi connectivity index (χ2n) is 7.14. The molecule has 2 amide bonds. The van der Waals surface area contributed by atoms with E-state index < -0.39 is 21.8 Å². The van der Waals surface area contributed by atoms with Gasteiger partial charge in [0.25, 0.3) is 21.8 Å². The zero-order valence-corrected chi connectivity index (χ0v) is 18.8. The van der Waals surface area contributed by atoms with Crippen LogP contribution < -0.4 is 14.2 Å². The first-order valence-electron chi connectivity index (χ1n) is 10.1. The summed E-state index contributed by atoms with van der Waals surface area (Å²) in [5.74, 6) is -0.254. The van der Waals surface area contributed by atoms with E-state index in [-0.39, 0.29) is 28.4 Å².